The number of hydrogen-bond acceptors (Lipinski definition) is 1. The average Bonchev–Trinajstić information content (AvgIpc) is 2.68. The van der Waals surface area contributed by atoms with Crippen LogP contribution in [0.1, 0.15) is 5.69 Å². The lowest BCUT2D eigenvalue weighted by Crippen LogP contribution is -2.04. The molecule has 1 heterocycles. The van der Waals surface area contributed by atoms with Crippen LogP contribution in [-0.2, 0) is 0 Å². The molecular weight excluding hydrogens is 212 g/mol. The van der Waals surface area contributed by atoms with Gasteiger partial charge in [0.05, 0.1) is 5.69 Å². The lowest BCUT2D eigenvalue weighted by atomic mass is 10.1. The van der Waals surface area contributed by atoms with Crippen molar-refractivity contribution in [1.29, 1.82) is 0 Å². The van der Waals surface area contributed by atoms with Gasteiger partial charge in [-0.1, -0.05) is 30.3 Å². The Balaban J connectivity index is 2.24. The molecule has 0 unspecified atom stereocenters. The Morgan fingerprint density at radius 2 is 1.76 bits per heavy atom. The van der Waals surface area contributed by atoms with Gasteiger partial charge in [0.2, 0.25) is 0 Å². The summed E-state index contributed by atoms with van der Waals surface area (Å²) < 4.78 is 1.80. The fourth-order valence-corrected chi connectivity index (χ4v) is 2.07. The molecule has 0 atom stereocenters. The smallest absolute Gasteiger partial charge is 0.264 e. The molecule has 3 heteroatoms. The van der Waals surface area contributed by atoms with E-state index in [1.54, 1.807) is 10.7 Å². The number of aromatic amines is 1. The van der Waals surface area contributed by atoms with Crippen LogP contribution in [0.5, 0.6) is 0 Å². The minimum Gasteiger partial charge on any atom is -0.268 e. The van der Waals surface area contributed by atoms with Crippen LogP contribution in [0.25, 0.3) is 16.5 Å². The van der Waals surface area contributed by atoms with Crippen LogP contribution in [0.15, 0.2) is 53.3 Å². The Morgan fingerprint density at radius 1 is 1.00 bits per heavy atom. The first kappa shape index (κ1) is 9.90. The first-order chi connectivity index (χ1) is 8.24. The Morgan fingerprint density at radius 3 is 2.47 bits per heavy atom. The zero-order valence-corrected chi connectivity index (χ0v) is 9.47. The van der Waals surface area contributed by atoms with Crippen LogP contribution in [0.3, 0.4) is 0 Å². The molecule has 84 valence electrons. The Kier molecular flexibility index (Phi) is 2.11. The van der Waals surface area contributed by atoms with E-state index in [4.69, 9.17) is 0 Å². The minimum absolute atomic E-state index is 0.0735. The van der Waals surface area contributed by atoms with Gasteiger partial charge in [0, 0.05) is 11.8 Å². The second-order valence-electron chi connectivity index (χ2n) is 4.13. The van der Waals surface area contributed by atoms with Gasteiger partial charge in [-0.3, -0.25) is 14.6 Å². The summed E-state index contributed by atoms with van der Waals surface area (Å²) in [4.78, 5) is 11.3. The summed E-state index contributed by atoms with van der Waals surface area (Å²) in [6.45, 7) is 1.91. The zero-order chi connectivity index (χ0) is 11.8. The predicted molar refractivity (Wildman–Crippen MR) is 68.6 cm³/mol. The van der Waals surface area contributed by atoms with Crippen LogP contribution in [0.2, 0.25) is 0 Å². The molecule has 0 aliphatic rings. The van der Waals surface area contributed by atoms with Gasteiger partial charge in [0.25, 0.3) is 5.56 Å². The number of rotatable bonds is 1. The minimum atomic E-state index is -0.0735. The summed E-state index contributed by atoms with van der Waals surface area (Å²) in [5, 5.41) is 5.15. The van der Waals surface area contributed by atoms with E-state index in [-0.39, 0.29) is 5.56 Å². The highest BCUT2D eigenvalue weighted by Crippen LogP contribution is 2.18. The van der Waals surface area contributed by atoms with Crippen molar-refractivity contribution in [2.24, 2.45) is 0 Å². The van der Waals surface area contributed by atoms with E-state index >= 15 is 0 Å². The van der Waals surface area contributed by atoms with Gasteiger partial charge < -0.3 is 0 Å². The molecule has 3 rings (SSSR count). The lowest BCUT2D eigenvalue weighted by molar-refractivity contribution is 0.836. The van der Waals surface area contributed by atoms with E-state index in [9.17, 15) is 4.79 Å². The van der Waals surface area contributed by atoms with Gasteiger partial charge in [0.1, 0.15) is 0 Å². The molecule has 0 spiro atoms. The molecule has 1 N–H and O–H groups in total. The van der Waals surface area contributed by atoms with Gasteiger partial charge >= 0.3 is 0 Å². The largest absolute Gasteiger partial charge is 0.268 e. The maximum Gasteiger partial charge on any atom is 0.264 e. The molecule has 2 aromatic carbocycles. The number of H-pyrrole nitrogens is 1. The van der Waals surface area contributed by atoms with E-state index in [0.717, 1.165) is 11.4 Å². The third-order valence-electron chi connectivity index (χ3n) is 2.91. The predicted octanol–water partition coefficient (Wildman–Crippen LogP) is 2.63. The van der Waals surface area contributed by atoms with Crippen molar-refractivity contribution in [3.8, 4) is 5.69 Å². The molecule has 0 amide bonds. The number of hydrogen-bond donors (Lipinski definition) is 1. The standard InChI is InChI=1S/C14H12N2O/c1-10-8-14(17)15-16(10)13-7-6-11-4-2-3-5-12(11)9-13/h2-9H,1H3,(H,15,17). The van der Waals surface area contributed by atoms with E-state index in [0.29, 0.717) is 0 Å². The third-order valence-corrected chi connectivity index (χ3v) is 2.91. The highest BCUT2D eigenvalue weighted by Gasteiger charge is 2.02. The normalized spacial score (nSPS) is 10.9. The summed E-state index contributed by atoms with van der Waals surface area (Å²) >= 11 is 0. The topological polar surface area (TPSA) is 37.8 Å². The Hall–Kier alpha value is -2.29. The third kappa shape index (κ3) is 1.65. The van der Waals surface area contributed by atoms with Crippen molar-refractivity contribution in [2.45, 2.75) is 6.92 Å². The van der Waals surface area contributed by atoms with Crippen molar-refractivity contribution < 1.29 is 0 Å². The van der Waals surface area contributed by atoms with Crippen LogP contribution in [-0.4, -0.2) is 9.78 Å². The molecule has 0 saturated carbocycles. The maximum atomic E-state index is 11.3. The van der Waals surface area contributed by atoms with Crippen molar-refractivity contribution >= 4 is 10.8 Å². The summed E-state index contributed by atoms with van der Waals surface area (Å²) in [5.41, 5.74) is 1.81. The van der Waals surface area contributed by atoms with Gasteiger partial charge in [-0.05, 0) is 29.8 Å². The van der Waals surface area contributed by atoms with E-state index in [1.165, 1.54) is 10.8 Å². The van der Waals surface area contributed by atoms with Crippen LogP contribution >= 0.6 is 0 Å². The fraction of sp³-hybridized carbons (Fsp3) is 0.0714. The van der Waals surface area contributed by atoms with Crippen LogP contribution in [0, 0.1) is 6.92 Å². The fourth-order valence-electron chi connectivity index (χ4n) is 2.07. The lowest BCUT2D eigenvalue weighted by Gasteiger charge is -2.06. The second-order valence-corrected chi connectivity index (χ2v) is 4.13. The molecular formula is C14H12N2O. The van der Waals surface area contributed by atoms with Crippen molar-refractivity contribution in [3.05, 3.63) is 64.6 Å². The molecule has 0 saturated heterocycles. The average molecular weight is 224 g/mol. The molecule has 0 aliphatic heterocycles. The number of aryl methyl sites for hydroxylation is 1. The zero-order valence-electron chi connectivity index (χ0n) is 9.47. The highest BCUT2D eigenvalue weighted by atomic mass is 16.1. The van der Waals surface area contributed by atoms with Crippen molar-refractivity contribution in [3.63, 3.8) is 0 Å². The molecule has 0 bridgehead atoms. The number of nitrogens with zero attached hydrogens (tertiary/aromatic N) is 1. The SMILES string of the molecule is Cc1cc(=O)[nH]n1-c1ccc2ccccc2c1. The van der Waals surface area contributed by atoms with E-state index < -0.39 is 0 Å². The van der Waals surface area contributed by atoms with Crippen LogP contribution < -0.4 is 5.56 Å². The van der Waals surface area contributed by atoms with E-state index in [2.05, 4.69) is 29.4 Å². The first-order valence-electron chi connectivity index (χ1n) is 5.52. The van der Waals surface area contributed by atoms with Gasteiger partial charge in [-0.2, -0.15) is 0 Å². The Labute approximate surface area is 98.3 Å². The van der Waals surface area contributed by atoms with Gasteiger partial charge in [-0.15, -0.1) is 0 Å². The first-order valence-corrected chi connectivity index (χ1v) is 5.52. The summed E-state index contributed by atoms with van der Waals surface area (Å²) in [6, 6.07) is 15.9. The van der Waals surface area contributed by atoms with E-state index in [1.807, 2.05) is 25.1 Å². The monoisotopic (exact) mass is 224 g/mol. The molecule has 1 aromatic heterocycles. The number of nitrogens with one attached hydrogen (secondary N) is 1. The molecule has 3 nitrogen and oxygen atoms in total. The second kappa shape index (κ2) is 3.63. The summed E-state index contributed by atoms with van der Waals surface area (Å²) in [5.74, 6) is 0. The van der Waals surface area contributed by atoms with Crippen molar-refractivity contribution in [1.82, 2.24) is 9.78 Å². The highest BCUT2D eigenvalue weighted by molar-refractivity contribution is 5.84. The number of aromatic nitrogens is 2. The maximum absolute atomic E-state index is 11.3. The van der Waals surface area contributed by atoms with Crippen molar-refractivity contribution in [2.75, 3.05) is 0 Å². The van der Waals surface area contributed by atoms with Gasteiger partial charge in [-0.25, -0.2) is 0 Å². The summed E-state index contributed by atoms with van der Waals surface area (Å²) in [7, 11) is 0. The molecule has 0 aliphatic carbocycles. The molecule has 3 aromatic rings. The van der Waals surface area contributed by atoms with Crippen LogP contribution in [0.4, 0.5) is 0 Å². The molecule has 17 heavy (non-hydrogen) atoms. The molecule has 0 fully saturated rings. The molecule has 0 radical (unpaired) electrons. The number of fused-ring (bicyclic) bond motifs is 1. The van der Waals surface area contributed by atoms with Gasteiger partial charge in [0.15, 0.2) is 0 Å². The Bertz CT molecular complexity index is 737. The number of benzene rings is 2. The summed E-state index contributed by atoms with van der Waals surface area (Å²) in [6.07, 6.45) is 0. The quantitative estimate of drug-likeness (QED) is 0.678.